The maximum atomic E-state index is 13.7. The summed E-state index contributed by atoms with van der Waals surface area (Å²) in [5, 5.41) is 7.25. The van der Waals surface area contributed by atoms with Gasteiger partial charge in [0.05, 0.1) is 47.0 Å². The zero-order valence-corrected chi connectivity index (χ0v) is 26.8. The number of methoxy groups -OCH3 is 1. The first-order valence-corrected chi connectivity index (χ1v) is 18.4. The Morgan fingerprint density at radius 2 is 1.73 bits per heavy atom. The molecule has 1 saturated heterocycles. The van der Waals surface area contributed by atoms with Crippen LogP contribution < -0.4 is 15.4 Å². The van der Waals surface area contributed by atoms with Crippen LogP contribution in [0.3, 0.4) is 0 Å². The van der Waals surface area contributed by atoms with Crippen molar-refractivity contribution in [1.82, 2.24) is 9.47 Å². The predicted molar refractivity (Wildman–Crippen MR) is 169 cm³/mol. The van der Waals surface area contributed by atoms with Crippen LogP contribution in [0.4, 0.5) is 24.5 Å². The van der Waals surface area contributed by atoms with Crippen LogP contribution in [0.25, 0.3) is 10.9 Å². The molecule has 0 unspecified atom stereocenters. The highest BCUT2D eigenvalue weighted by Gasteiger charge is 2.32. The fourth-order valence-electron chi connectivity index (χ4n) is 6.08. The summed E-state index contributed by atoms with van der Waals surface area (Å²) in [7, 11) is -4.95. The molecule has 0 bridgehead atoms. The van der Waals surface area contributed by atoms with Gasteiger partial charge >= 0.3 is 6.18 Å². The molecule has 2 fully saturated rings. The zero-order valence-electron chi connectivity index (χ0n) is 25.2. The summed E-state index contributed by atoms with van der Waals surface area (Å²) in [6.45, 7) is 0.0349. The minimum Gasteiger partial charge on any atom is -0.495 e. The topological polar surface area (TPSA) is 110 Å². The van der Waals surface area contributed by atoms with Crippen molar-refractivity contribution in [1.29, 1.82) is 0 Å². The molecule has 2 aliphatic rings. The zero-order chi connectivity index (χ0) is 32.4. The second kappa shape index (κ2) is 13.1. The van der Waals surface area contributed by atoms with Gasteiger partial charge in [0.1, 0.15) is 12.3 Å². The second-order valence-electron chi connectivity index (χ2n) is 11.6. The fraction of sp³-hybridized carbons (Fsp3) is 0.484. The van der Waals surface area contributed by atoms with E-state index in [1.165, 1.54) is 23.8 Å². The quantitative estimate of drug-likeness (QED) is 0.338. The maximum Gasteiger partial charge on any atom is 0.406 e. The van der Waals surface area contributed by atoms with E-state index in [0.717, 1.165) is 37.6 Å². The number of fused-ring (bicyclic) bond motifs is 1. The van der Waals surface area contributed by atoms with Gasteiger partial charge in [0.25, 0.3) is 0 Å². The predicted octanol–water partition coefficient (Wildman–Crippen LogP) is 4.53. The van der Waals surface area contributed by atoms with Crippen molar-refractivity contribution < 1.29 is 34.7 Å². The Kier molecular flexibility index (Phi) is 9.62. The summed E-state index contributed by atoms with van der Waals surface area (Å²) in [5.74, 6) is 6.49. The van der Waals surface area contributed by atoms with Crippen molar-refractivity contribution in [3.8, 4) is 17.6 Å². The largest absolute Gasteiger partial charge is 0.495 e. The standard InChI is InChI=1S/C31H37F3N4O5S2/c1-43-30-20-25(44(2,39)40)12-13-28(30)35-14-4-5-24-19-26-27(6-3-7-29(26)38(24)21-31(32,33)34)36-22-8-10-23(11-9-22)37-15-17-45(41,42)18-16-37/h3,6-7,12-13,19-20,22-23,35-36H,8-11,14-18,21H2,1-2H3/t22-,23-. The average Bonchev–Trinajstić information content (AvgIpc) is 3.32. The molecule has 3 aromatic rings. The molecule has 9 nitrogen and oxygen atoms in total. The highest BCUT2D eigenvalue weighted by Crippen LogP contribution is 2.33. The first-order chi connectivity index (χ1) is 21.2. The van der Waals surface area contributed by atoms with E-state index < -0.39 is 32.4 Å². The first kappa shape index (κ1) is 33.0. The Balaban J connectivity index is 1.31. The van der Waals surface area contributed by atoms with Crippen LogP contribution in [0.15, 0.2) is 47.4 Å². The maximum absolute atomic E-state index is 13.7. The van der Waals surface area contributed by atoms with Crippen LogP contribution in [0.1, 0.15) is 31.4 Å². The van der Waals surface area contributed by atoms with Crippen LogP contribution in [0.2, 0.25) is 0 Å². The Bertz CT molecular complexity index is 1810. The Morgan fingerprint density at radius 1 is 1.02 bits per heavy atom. The van der Waals surface area contributed by atoms with Gasteiger partial charge in [-0.3, -0.25) is 4.90 Å². The Hall–Kier alpha value is -3.41. The van der Waals surface area contributed by atoms with Gasteiger partial charge in [-0.05, 0) is 61.9 Å². The van der Waals surface area contributed by atoms with E-state index >= 15 is 0 Å². The van der Waals surface area contributed by atoms with E-state index in [2.05, 4.69) is 27.4 Å². The molecule has 0 radical (unpaired) electrons. The minimum absolute atomic E-state index is 0.0828. The van der Waals surface area contributed by atoms with Crippen LogP contribution >= 0.6 is 0 Å². The number of benzene rings is 2. The normalized spacial score (nSPS) is 20.7. The van der Waals surface area contributed by atoms with Crippen molar-refractivity contribution in [2.75, 3.05) is 55.1 Å². The number of anilines is 2. The first-order valence-electron chi connectivity index (χ1n) is 14.7. The average molecular weight is 667 g/mol. The third kappa shape index (κ3) is 8.25. The molecule has 244 valence electrons. The van der Waals surface area contributed by atoms with Gasteiger partial charge in [0.2, 0.25) is 0 Å². The summed E-state index contributed by atoms with van der Waals surface area (Å²) >= 11 is 0. The van der Waals surface area contributed by atoms with Gasteiger partial charge < -0.3 is 19.9 Å². The van der Waals surface area contributed by atoms with Gasteiger partial charge in [-0.2, -0.15) is 13.2 Å². The van der Waals surface area contributed by atoms with Crippen LogP contribution in [0.5, 0.6) is 5.75 Å². The second-order valence-corrected chi connectivity index (χ2v) is 15.9. The Morgan fingerprint density at radius 3 is 2.38 bits per heavy atom. The van der Waals surface area contributed by atoms with Crippen molar-refractivity contribution in [2.45, 2.75) is 55.4 Å². The molecule has 14 heteroatoms. The lowest BCUT2D eigenvalue weighted by Crippen LogP contribution is -2.48. The van der Waals surface area contributed by atoms with E-state index in [4.69, 9.17) is 4.74 Å². The number of hydrogen-bond donors (Lipinski definition) is 2. The lowest BCUT2D eigenvalue weighted by Gasteiger charge is -2.39. The number of sulfone groups is 2. The number of halogens is 3. The van der Waals surface area contributed by atoms with Crippen molar-refractivity contribution in [3.63, 3.8) is 0 Å². The molecule has 2 aromatic carbocycles. The smallest absolute Gasteiger partial charge is 0.406 e. The fourth-order valence-corrected chi connectivity index (χ4v) is 7.95. The molecule has 5 rings (SSSR count). The van der Waals surface area contributed by atoms with Gasteiger partial charge in [-0.15, -0.1) is 0 Å². The summed E-state index contributed by atoms with van der Waals surface area (Å²) in [4.78, 5) is 2.38. The summed E-state index contributed by atoms with van der Waals surface area (Å²) in [5.41, 5.74) is 1.90. The highest BCUT2D eigenvalue weighted by atomic mass is 32.2. The molecule has 2 heterocycles. The van der Waals surface area contributed by atoms with E-state index in [9.17, 15) is 30.0 Å². The van der Waals surface area contributed by atoms with Crippen molar-refractivity contribution in [3.05, 3.63) is 48.2 Å². The van der Waals surface area contributed by atoms with Gasteiger partial charge in [-0.25, -0.2) is 16.8 Å². The number of nitrogens with zero attached hydrogens (tertiary/aromatic N) is 2. The van der Waals surface area contributed by atoms with Crippen LogP contribution in [-0.2, 0) is 26.2 Å². The third-order valence-electron chi connectivity index (χ3n) is 8.42. The molecule has 0 amide bonds. The number of rotatable bonds is 8. The van der Waals surface area contributed by atoms with Crippen molar-refractivity contribution in [2.24, 2.45) is 0 Å². The highest BCUT2D eigenvalue weighted by molar-refractivity contribution is 7.91. The molecule has 1 aromatic heterocycles. The SMILES string of the molecule is COc1cc(S(C)(=O)=O)ccc1NCC#Cc1cc2c(N[C@H]3CC[C@H](N4CCS(=O)(=O)CC4)CC3)cccc2n1CC(F)(F)F. The molecule has 0 atom stereocenters. The number of alkyl halides is 3. The monoisotopic (exact) mass is 666 g/mol. The van der Waals surface area contributed by atoms with Gasteiger partial charge in [0, 0.05) is 48.6 Å². The molecule has 45 heavy (non-hydrogen) atoms. The minimum atomic E-state index is -4.45. The van der Waals surface area contributed by atoms with E-state index in [0.29, 0.717) is 41.5 Å². The third-order valence-corrected chi connectivity index (χ3v) is 11.1. The molecule has 0 spiro atoms. The summed E-state index contributed by atoms with van der Waals surface area (Å²) < 4.78 is 94.7. The van der Waals surface area contributed by atoms with E-state index in [1.807, 2.05) is 6.07 Å². The number of ether oxygens (including phenoxy) is 1. The molecule has 1 aliphatic heterocycles. The molecule has 1 saturated carbocycles. The van der Waals surface area contributed by atoms with Crippen LogP contribution in [-0.4, -0.2) is 89.1 Å². The van der Waals surface area contributed by atoms with E-state index in [-0.39, 0.29) is 34.7 Å². The van der Waals surface area contributed by atoms with Crippen LogP contribution in [0, 0.1) is 11.8 Å². The molecular weight excluding hydrogens is 629 g/mol. The van der Waals surface area contributed by atoms with Crippen molar-refractivity contribution >= 4 is 42.0 Å². The van der Waals surface area contributed by atoms with Gasteiger partial charge in [-0.1, -0.05) is 12.0 Å². The number of aromatic nitrogens is 1. The molecule has 2 N–H and O–H groups in total. The summed E-state index contributed by atoms with van der Waals surface area (Å²) in [6.07, 6.45) is 0.244. The number of nitrogens with one attached hydrogen (secondary N) is 2. The van der Waals surface area contributed by atoms with Gasteiger partial charge in [0.15, 0.2) is 19.7 Å². The Labute approximate surface area is 262 Å². The summed E-state index contributed by atoms with van der Waals surface area (Å²) in [6, 6.07) is 11.8. The van der Waals surface area contributed by atoms with E-state index in [1.54, 1.807) is 24.3 Å². The number of hydrogen-bond acceptors (Lipinski definition) is 8. The molecule has 1 aliphatic carbocycles. The lowest BCUT2D eigenvalue weighted by atomic mass is 9.90. The lowest BCUT2D eigenvalue weighted by molar-refractivity contribution is -0.140. The molecular formula is C31H37F3N4O5S2.